The van der Waals surface area contributed by atoms with Crippen LogP contribution in [-0.2, 0) is 0 Å². The van der Waals surface area contributed by atoms with Crippen molar-refractivity contribution in [2.24, 2.45) is 10.8 Å². The Morgan fingerprint density at radius 3 is 1.94 bits per heavy atom. The summed E-state index contributed by atoms with van der Waals surface area (Å²) in [7, 11) is 0. The van der Waals surface area contributed by atoms with Crippen LogP contribution in [0.1, 0.15) is 71.6 Å². The standard InChI is InChI=1S/C15H25NO/c1-13(2)9-10-15(17,11-13)14(12-16)7-5-3-4-6-8-14/h17H,3-11H2,1-2H3. The van der Waals surface area contributed by atoms with E-state index in [9.17, 15) is 10.4 Å². The van der Waals surface area contributed by atoms with Crippen LogP contribution in [0, 0.1) is 22.2 Å². The minimum absolute atomic E-state index is 0.199. The molecule has 0 aliphatic heterocycles. The summed E-state index contributed by atoms with van der Waals surface area (Å²) in [5.74, 6) is 0. The molecule has 17 heavy (non-hydrogen) atoms. The third-order valence-corrected chi connectivity index (χ3v) is 5.05. The van der Waals surface area contributed by atoms with Crippen molar-refractivity contribution in [2.75, 3.05) is 0 Å². The fourth-order valence-corrected chi connectivity index (χ4v) is 3.94. The lowest BCUT2D eigenvalue weighted by molar-refractivity contribution is -0.0640. The smallest absolute Gasteiger partial charge is 0.0860 e. The van der Waals surface area contributed by atoms with Gasteiger partial charge in [-0.1, -0.05) is 39.5 Å². The predicted octanol–water partition coefficient (Wildman–Crippen LogP) is 3.79. The summed E-state index contributed by atoms with van der Waals surface area (Å²) in [4.78, 5) is 0. The van der Waals surface area contributed by atoms with Crippen LogP contribution >= 0.6 is 0 Å². The van der Waals surface area contributed by atoms with Crippen molar-refractivity contribution in [3.63, 3.8) is 0 Å². The maximum Gasteiger partial charge on any atom is 0.0860 e. The Labute approximate surface area is 105 Å². The van der Waals surface area contributed by atoms with Gasteiger partial charge in [0.2, 0.25) is 0 Å². The highest BCUT2D eigenvalue weighted by atomic mass is 16.3. The van der Waals surface area contributed by atoms with E-state index >= 15 is 0 Å². The van der Waals surface area contributed by atoms with E-state index in [-0.39, 0.29) is 5.41 Å². The highest BCUT2D eigenvalue weighted by Crippen LogP contribution is 2.55. The third-order valence-electron chi connectivity index (χ3n) is 5.05. The molecular formula is C15H25NO. The van der Waals surface area contributed by atoms with Crippen LogP contribution in [0.5, 0.6) is 0 Å². The highest BCUT2D eigenvalue weighted by Gasteiger charge is 2.55. The van der Waals surface area contributed by atoms with Gasteiger partial charge in [-0.2, -0.15) is 5.26 Å². The molecule has 2 rings (SSSR count). The number of aliphatic hydroxyl groups is 1. The monoisotopic (exact) mass is 235 g/mol. The number of rotatable bonds is 1. The Kier molecular flexibility index (Phi) is 3.25. The van der Waals surface area contributed by atoms with E-state index in [1.54, 1.807) is 0 Å². The third kappa shape index (κ3) is 2.22. The van der Waals surface area contributed by atoms with Crippen LogP contribution < -0.4 is 0 Å². The van der Waals surface area contributed by atoms with Gasteiger partial charge in [0.25, 0.3) is 0 Å². The van der Waals surface area contributed by atoms with E-state index < -0.39 is 11.0 Å². The molecular weight excluding hydrogens is 210 g/mol. The molecule has 0 radical (unpaired) electrons. The molecule has 0 saturated heterocycles. The van der Waals surface area contributed by atoms with Gasteiger partial charge in [0.15, 0.2) is 0 Å². The van der Waals surface area contributed by atoms with Crippen molar-refractivity contribution in [1.29, 1.82) is 5.26 Å². The number of nitriles is 1. The van der Waals surface area contributed by atoms with Crippen LogP contribution in [0.25, 0.3) is 0 Å². The second kappa shape index (κ2) is 4.28. The molecule has 0 amide bonds. The fraction of sp³-hybridized carbons (Fsp3) is 0.933. The molecule has 2 fully saturated rings. The van der Waals surface area contributed by atoms with Crippen LogP contribution in [0.2, 0.25) is 0 Å². The van der Waals surface area contributed by atoms with E-state index in [0.717, 1.165) is 44.9 Å². The first-order valence-electron chi connectivity index (χ1n) is 7.07. The molecule has 2 heteroatoms. The lowest BCUT2D eigenvalue weighted by atomic mass is 9.66. The number of hydrogen-bond acceptors (Lipinski definition) is 2. The van der Waals surface area contributed by atoms with Crippen LogP contribution in [-0.4, -0.2) is 10.7 Å². The molecule has 0 aromatic carbocycles. The average Bonchev–Trinajstić information content (AvgIpc) is 2.49. The minimum Gasteiger partial charge on any atom is -0.388 e. The highest BCUT2D eigenvalue weighted by molar-refractivity contribution is 5.15. The molecule has 2 aliphatic carbocycles. The summed E-state index contributed by atoms with van der Waals surface area (Å²) < 4.78 is 0. The Balaban J connectivity index is 2.26. The number of hydrogen-bond donors (Lipinski definition) is 1. The van der Waals surface area contributed by atoms with Crippen molar-refractivity contribution < 1.29 is 5.11 Å². The summed E-state index contributed by atoms with van der Waals surface area (Å²) in [6.07, 6.45) is 9.12. The topological polar surface area (TPSA) is 44.0 Å². The zero-order valence-electron chi connectivity index (χ0n) is 11.3. The van der Waals surface area contributed by atoms with Gasteiger partial charge in [-0.05, 0) is 37.5 Å². The molecule has 1 N–H and O–H groups in total. The summed E-state index contributed by atoms with van der Waals surface area (Å²) in [5.41, 5.74) is -0.988. The Bertz CT molecular complexity index is 320. The van der Waals surface area contributed by atoms with Crippen molar-refractivity contribution in [3.05, 3.63) is 0 Å². The van der Waals surface area contributed by atoms with Crippen LogP contribution in [0.4, 0.5) is 0 Å². The van der Waals surface area contributed by atoms with Gasteiger partial charge in [-0.25, -0.2) is 0 Å². The lowest BCUT2D eigenvalue weighted by Crippen LogP contribution is -2.46. The average molecular weight is 235 g/mol. The summed E-state index contributed by atoms with van der Waals surface area (Å²) in [5, 5.41) is 20.7. The first-order valence-corrected chi connectivity index (χ1v) is 7.07. The molecule has 1 unspecified atom stereocenters. The quantitative estimate of drug-likeness (QED) is 0.703. The zero-order chi connectivity index (χ0) is 12.6. The van der Waals surface area contributed by atoms with Crippen LogP contribution in [0.3, 0.4) is 0 Å². The summed E-state index contributed by atoms with van der Waals surface area (Å²) >= 11 is 0. The first-order chi connectivity index (χ1) is 7.93. The second-order valence-electron chi connectivity index (χ2n) is 6.98. The van der Waals surface area contributed by atoms with E-state index in [1.165, 1.54) is 12.8 Å². The van der Waals surface area contributed by atoms with Crippen molar-refractivity contribution >= 4 is 0 Å². The Morgan fingerprint density at radius 2 is 1.53 bits per heavy atom. The van der Waals surface area contributed by atoms with Gasteiger partial charge in [-0.3, -0.25) is 0 Å². The van der Waals surface area contributed by atoms with Gasteiger partial charge in [0, 0.05) is 0 Å². The van der Waals surface area contributed by atoms with E-state index in [1.807, 2.05) is 0 Å². The molecule has 2 aliphatic rings. The van der Waals surface area contributed by atoms with Crippen molar-refractivity contribution in [2.45, 2.75) is 77.2 Å². The lowest BCUT2D eigenvalue weighted by Gasteiger charge is -2.40. The maximum absolute atomic E-state index is 11.0. The molecule has 0 heterocycles. The summed E-state index contributed by atoms with van der Waals surface area (Å²) in [6, 6.07) is 2.53. The molecule has 2 nitrogen and oxygen atoms in total. The van der Waals surface area contributed by atoms with Crippen molar-refractivity contribution in [1.82, 2.24) is 0 Å². The maximum atomic E-state index is 11.0. The van der Waals surface area contributed by atoms with Gasteiger partial charge >= 0.3 is 0 Å². The van der Waals surface area contributed by atoms with Gasteiger partial charge in [0.05, 0.1) is 17.1 Å². The molecule has 2 saturated carbocycles. The molecule has 0 bridgehead atoms. The minimum atomic E-state index is -0.727. The Hall–Kier alpha value is -0.550. The van der Waals surface area contributed by atoms with E-state index in [0.29, 0.717) is 0 Å². The number of nitrogens with zero attached hydrogens (tertiary/aromatic N) is 1. The Morgan fingerprint density at radius 1 is 0.941 bits per heavy atom. The van der Waals surface area contributed by atoms with E-state index in [4.69, 9.17) is 0 Å². The van der Waals surface area contributed by atoms with Gasteiger partial charge in [0.1, 0.15) is 0 Å². The zero-order valence-corrected chi connectivity index (χ0v) is 11.3. The van der Waals surface area contributed by atoms with Gasteiger partial charge in [-0.15, -0.1) is 0 Å². The molecule has 0 aromatic heterocycles. The van der Waals surface area contributed by atoms with Gasteiger partial charge < -0.3 is 5.11 Å². The fourth-order valence-electron chi connectivity index (χ4n) is 3.94. The molecule has 0 aromatic rings. The normalized spacial score (nSPS) is 36.1. The molecule has 1 atom stereocenters. The molecule has 0 spiro atoms. The first kappa shape index (κ1) is 12.9. The predicted molar refractivity (Wildman–Crippen MR) is 68.3 cm³/mol. The largest absolute Gasteiger partial charge is 0.388 e. The van der Waals surface area contributed by atoms with Crippen LogP contribution in [0.15, 0.2) is 0 Å². The van der Waals surface area contributed by atoms with E-state index in [2.05, 4.69) is 19.9 Å². The summed E-state index contributed by atoms with van der Waals surface area (Å²) in [6.45, 7) is 4.43. The van der Waals surface area contributed by atoms with Crippen molar-refractivity contribution in [3.8, 4) is 6.07 Å². The SMILES string of the molecule is CC1(C)CCC(O)(C2(C#N)CCCCCC2)C1. The molecule has 96 valence electrons. The second-order valence-corrected chi connectivity index (χ2v) is 6.98.